The lowest BCUT2D eigenvalue weighted by Crippen LogP contribution is -2.41. The minimum absolute atomic E-state index is 0.152. The summed E-state index contributed by atoms with van der Waals surface area (Å²) in [5.74, 6) is -1.41. The Kier molecular flexibility index (Phi) is 7.15. The average Bonchev–Trinajstić information content (AvgIpc) is 3.20. The molecule has 11 nitrogen and oxygen atoms in total. The van der Waals surface area contributed by atoms with E-state index in [-0.39, 0.29) is 17.7 Å². The van der Waals surface area contributed by atoms with Crippen molar-refractivity contribution in [3.63, 3.8) is 0 Å². The molecule has 2 heterocycles. The molecule has 0 radical (unpaired) electrons. The summed E-state index contributed by atoms with van der Waals surface area (Å²) in [6.45, 7) is 3.46. The SMILES string of the molecule is CCc1csc([C@@H](Cc2ccc(NS(=O)(=O)O)cc2)[C@@H](C(N)=O)n2cc(C)c(=O)[nH]c2=O)n1. The third-order valence-electron chi connectivity index (χ3n) is 5.02. The Hall–Kier alpha value is -3.29. The van der Waals surface area contributed by atoms with Crippen LogP contribution in [-0.4, -0.2) is 33.4 Å². The maximum Gasteiger partial charge on any atom is 0.357 e. The number of H-pyrrole nitrogens is 1. The Morgan fingerprint density at radius 2 is 1.97 bits per heavy atom. The number of thiazole rings is 1. The molecule has 0 saturated carbocycles. The van der Waals surface area contributed by atoms with Crippen LogP contribution in [0.3, 0.4) is 0 Å². The van der Waals surface area contributed by atoms with Gasteiger partial charge in [0.15, 0.2) is 0 Å². The van der Waals surface area contributed by atoms with E-state index in [1.54, 1.807) is 12.1 Å². The third kappa shape index (κ3) is 5.94. The molecule has 13 heteroatoms. The lowest BCUT2D eigenvalue weighted by atomic mass is 9.91. The first kappa shape index (κ1) is 24.4. The maximum atomic E-state index is 12.6. The number of aromatic amines is 1. The molecule has 176 valence electrons. The summed E-state index contributed by atoms with van der Waals surface area (Å²) in [6.07, 6.45) is 2.22. The molecule has 0 spiro atoms. The number of hydrogen-bond acceptors (Lipinski definition) is 7. The van der Waals surface area contributed by atoms with E-state index in [9.17, 15) is 22.8 Å². The van der Waals surface area contributed by atoms with Crippen molar-refractivity contribution in [2.45, 2.75) is 38.6 Å². The van der Waals surface area contributed by atoms with Crippen molar-refractivity contribution in [3.8, 4) is 0 Å². The standard InChI is InChI=1S/C20H23N5O6S2/c1-3-13-10-32-19(22-13)15(8-12-4-6-14(7-5-12)24-33(29,30)31)16(17(21)26)25-9-11(2)18(27)23-20(25)28/h4-7,9-10,15-16,24H,3,8H2,1-2H3,(H2,21,26)(H,23,27,28)(H,29,30,31)/t15-,16-/m0/s1. The van der Waals surface area contributed by atoms with Crippen LogP contribution in [0.15, 0.2) is 45.4 Å². The van der Waals surface area contributed by atoms with Crippen molar-refractivity contribution in [2.24, 2.45) is 5.73 Å². The Balaban J connectivity index is 2.07. The average molecular weight is 494 g/mol. The van der Waals surface area contributed by atoms with Crippen LogP contribution in [0.2, 0.25) is 0 Å². The highest BCUT2D eigenvalue weighted by Gasteiger charge is 2.33. The van der Waals surface area contributed by atoms with Crippen LogP contribution in [0.25, 0.3) is 0 Å². The van der Waals surface area contributed by atoms with Gasteiger partial charge in [-0.05, 0) is 37.5 Å². The number of primary amides is 1. The number of carbonyl (C=O) groups is 1. The minimum atomic E-state index is -4.42. The second-order valence-electron chi connectivity index (χ2n) is 7.44. The summed E-state index contributed by atoms with van der Waals surface area (Å²) in [6, 6.07) is 5.01. The van der Waals surface area contributed by atoms with Gasteiger partial charge in [0.2, 0.25) is 5.91 Å². The van der Waals surface area contributed by atoms with Crippen LogP contribution < -0.4 is 21.7 Å². The molecule has 1 amide bonds. The summed E-state index contributed by atoms with van der Waals surface area (Å²) in [7, 11) is -4.42. The number of nitrogens with two attached hydrogens (primary N) is 1. The predicted molar refractivity (Wildman–Crippen MR) is 124 cm³/mol. The molecule has 1 aromatic carbocycles. The molecule has 2 aromatic heterocycles. The largest absolute Gasteiger partial charge is 0.368 e. The van der Waals surface area contributed by atoms with Gasteiger partial charge in [0, 0.05) is 23.1 Å². The van der Waals surface area contributed by atoms with Crippen LogP contribution in [0.1, 0.15) is 40.7 Å². The Labute approximate surface area is 193 Å². The number of amides is 1. The number of aryl methyl sites for hydroxylation is 2. The molecule has 0 aliphatic rings. The smallest absolute Gasteiger partial charge is 0.357 e. The van der Waals surface area contributed by atoms with E-state index < -0.39 is 39.4 Å². The van der Waals surface area contributed by atoms with Gasteiger partial charge in [-0.1, -0.05) is 19.1 Å². The van der Waals surface area contributed by atoms with Gasteiger partial charge in [0.05, 0.1) is 16.4 Å². The fourth-order valence-corrected chi connectivity index (χ4v) is 4.89. The van der Waals surface area contributed by atoms with Crippen LogP contribution >= 0.6 is 11.3 Å². The van der Waals surface area contributed by atoms with Crippen LogP contribution in [0.4, 0.5) is 5.69 Å². The second-order valence-corrected chi connectivity index (χ2v) is 9.49. The molecular formula is C20H23N5O6S2. The Bertz CT molecular complexity index is 1370. The highest BCUT2D eigenvalue weighted by molar-refractivity contribution is 7.87. The van der Waals surface area contributed by atoms with Gasteiger partial charge in [-0.2, -0.15) is 8.42 Å². The van der Waals surface area contributed by atoms with Crippen molar-refractivity contribution >= 4 is 33.2 Å². The zero-order valence-corrected chi connectivity index (χ0v) is 19.4. The van der Waals surface area contributed by atoms with E-state index in [0.717, 1.165) is 10.3 Å². The van der Waals surface area contributed by atoms with Gasteiger partial charge >= 0.3 is 16.0 Å². The molecule has 0 aliphatic heterocycles. The van der Waals surface area contributed by atoms with E-state index in [1.165, 1.54) is 36.6 Å². The van der Waals surface area contributed by atoms with Gasteiger partial charge in [-0.15, -0.1) is 11.3 Å². The summed E-state index contributed by atoms with van der Waals surface area (Å²) in [5.41, 5.74) is 6.33. The van der Waals surface area contributed by atoms with Gasteiger partial charge in [-0.25, -0.2) is 9.78 Å². The monoisotopic (exact) mass is 493 g/mol. The normalized spacial score (nSPS) is 13.4. The fourth-order valence-electron chi connectivity index (χ4n) is 3.42. The van der Waals surface area contributed by atoms with E-state index in [2.05, 4.69) is 9.97 Å². The molecular weight excluding hydrogens is 470 g/mol. The number of carbonyl (C=O) groups excluding carboxylic acids is 1. The number of hydrogen-bond donors (Lipinski definition) is 4. The molecule has 3 rings (SSSR count). The Morgan fingerprint density at radius 1 is 1.30 bits per heavy atom. The molecule has 0 bridgehead atoms. The first-order valence-corrected chi connectivity index (χ1v) is 12.2. The number of benzene rings is 1. The van der Waals surface area contributed by atoms with Crippen molar-refractivity contribution in [3.05, 3.63) is 78.5 Å². The van der Waals surface area contributed by atoms with Crippen LogP contribution in [0.5, 0.6) is 0 Å². The first-order chi connectivity index (χ1) is 15.5. The van der Waals surface area contributed by atoms with Gasteiger partial charge in [0.25, 0.3) is 5.56 Å². The number of nitrogens with one attached hydrogen (secondary N) is 2. The van der Waals surface area contributed by atoms with Crippen molar-refractivity contribution < 1.29 is 17.8 Å². The van der Waals surface area contributed by atoms with Crippen LogP contribution in [-0.2, 0) is 27.9 Å². The molecule has 2 atom stereocenters. The zero-order chi connectivity index (χ0) is 24.3. The molecule has 0 aliphatic carbocycles. The molecule has 3 aromatic rings. The highest BCUT2D eigenvalue weighted by Crippen LogP contribution is 2.34. The lowest BCUT2D eigenvalue weighted by molar-refractivity contribution is -0.121. The van der Waals surface area contributed by atoms with E-state index in [0.29, 0.717) is 17.0 Å². The summed E-state index contributed by atoms with van der Waals surface area (Å²) in [5, 5.41) is 2.45. The quantitative estimate of drug-likeness (QED) is 0.323. The van der Waals surface area contributed by atoms with Gasteiger partial charge in [-0.3, -0.25) is 28.4 Å². The molecule has 5 N–H and O–H groups in total. The molecule has 0 saturated heterocycles. The zero-order valence-electron chi connectivity index (χ0n) is 17.8. The van der Waals surface area contributed by atoms with Crippen molar-refractivity contribution in [1.82, 2.24) is 14.5 Å². The van der Waals surface area contributed by atoms with E-state index in [1.807, 2.05) is 17.0 Å². The predicted octanol–water partition coefficient (Wildman–Crippen LogP) is 1.13. The fraction of sp³-hybridized carbons (Fsp3) is 0.300. The second kappa shape index (κ2) is 9.68. The third-order valence-corrected chi connectivity index (χ3v) is 6.54. The topological polar surface area (TPSA) is 177 Å². The molecule has 0 fully saturated rings. The molecule has 33 heavy (non-hydrogen) atoms. The van der Waals surface area contributed by atoms with Crippen molar-refractivity contribution in [1.29, 1.82) is 0 Å². The first-order valence-electron chi connectivity index (χ1n) is 9.88. The summed E-state index contributed by atoms with van der Waals surface area (Å²) < 4.78 is 34.0. The number of rotatable bonds is 9. The van der Waals surface area contributed by atoms with Gasteiger partial charge in [0.1, 0.15) is 6.04 Å². The maximum absolute atomic E-state index is 12.6. The number of aromatic nitrogens is 3. The summed E-state index contributed by atoms with van der Waals surface area (Å²) >= 11 is 1.34. The Morgan fingerprint density at radius 3 is 2.52 bits per heavy atom. The van der Waals surface area contributed by atoms with Crippen molar-refractivity contribution in [2.75, 3.05) is 4.72 Å². The van der Waals surface area contributed by atoms with E-state index in [4.69, 9.17) is 10.3 Å². The highest BCUT2D eigenvalue weighted by atomic mass is 32.2. The minimum Gasteiger partial charge on any atom is -0.368 e. The van der Waals surface area contributed by atoms with Crippen LogP contribution in [0, 0.1) is 6.92 Å². The number of nitrogens with zero attached hydrogens (tertiary/aromatic N) is 2. The number of anilines is 1. The molecule has 0 unspecified atom stereocenters. The van der Waals surface area contributed by atoms with Gasteiger partial charge < -0.3 is 5.73 Å². The summed E-state index contributed by atoms with van der Waals surface area (Å²) in [4.78, 5) is 43.8. The lowest BCUT2D eigenvalue weighted by Gasteiger charge is -2.25. The van der Waals surface area contributed by atoms with E-state index >= 15 is 0 Å².